The van der Waals surface area contributed by atoms with E-state index in [0.29, 0.717) is 5.56 Å². The van der Waals surface area contributed by atoms with Gasteiger partial charge >= 0.3 is 0 Å². The molecule has 0 radical (unpaired) electrons. The zero-order valence-electron chi connectivity index (χ0n) is 9.26. The van der Waals surface area contributed by atoms with Crippen molar-refractivity contribution in [3.8, 4) is 0 Å². The zero-order chi connectivity index (χ0) is 12.3. The minimum atomic E-state index is -0.288. The molecule has 0 N–H and O–H groups in total. The molecule has 17 heavy (non-hydrogen) atoms. The number of aryl methyl sites for hydroxylation is 1. The first-order chi connectivity index (χ1) is 8.15. The highest BCUT2D eigenvalue weighted by Crippen LogP contribution is 2.19. The van der Waals surface area contributed by atoms with Gasteiger partial charge in [0.2, 0.25) is 0 Å². The van der Waals surface area contributed by atoms with Crippen LogP contribution >= 0.6 is 11.8 Å². The lowest BCUT2D eigenvalue weighted by atomic mass is 10.3. The maximum absolute atomic E-state index is 12.9. The molecule has 1 heterocycles. The first-order valence-corrected chi connectivity index (χ1v) is 6.04. The number of halogens is 1. The van der Waals surface area contributed by atoms with E-state index in [1.165, 1.54) is 30.1 Å². The van der Waals surface area contributed by atoms with Gasteiger partial charge in [0, 0.05) is 18.1 Å². The van der Waals surface area contributed by atoms with E-state index >= 15 is 0 Å². The predicted octanol–water partition coefficient (Wildman–Crippen LogP) is 2.53. The molecule has 3 nitrogen and oxygen atoms in total. The molecular weight excluding hydrogens is 239 g/mol. The van der Waals surface area contributed by atoms with E-state index < -0.39 is 0 Å². The monoisotopic (exact) mass is 250 g/mol. The molecule has 0 saturated carbocycles. The summed E-state index contributed by atoms with van der Waals surface area (Å²) in [6.07, 6.45) is 3.21. The van der Waals surface area contributed by atoms with Crippen LogP contribution in [-0.2, 0) is 7.05 Å². The third-order valence-electron chi connectivity index (χ3n) is 2.19. The van der Waals surface area contributed by atoms with Gasteiger partial charge in [-0.3, -0.25) is 9.48 Å². The van der Waals surface area contributed by atoms with Crippen molar-refractivity contribution in [3.05, 3.63) is 48.0 Å². The number of aromatic nitrogens is 2. The van der Waals surface area contributed by atoms with Crippen LogP contribution in [-0.4, -0.2) is 21.3 Å². The van der Waals surface area contributed by atoms with E-state index in [2.05, 4.69) is 5.10 Å². The minimum Gasteiger partial charge on any atom is -0.293 e. The molecule has 0 aliphatic carbocycles. The van der Waals surface area contributed by atoms with Gasteiger partial charge in [-0.25, -0.2) is 4.39 Å². The second-order valence-corrected chi connectivity index (χ2v) is 4.62. The van der Waals surface area contributed by atoms with Crippen molar-refractivity contribution in [2.45, 2.75) is 4.90 Å². The topological polar surface area (TPSA) is 34.9 Å². The number of Topliss-reactive ketones (excluding diaryl/α,β-unsaturated/α-hetero) is 1. The quantitative estimate of drug-likeness (QED) is 0.618. The second kappa shape index (κ2) is 5.14. The summed E-state index contributed by atoms with van der Waals surface area (Å²) in [7, 11) is 1.76. The lowest BCUT2D eigenvalue weighted by Crippen LogP contribution is -2.00. The molecule has 88 valence electrons. The summed E-state index contributed by atoms with van der Waals surface area (Å²) in [5, 5.41) is 3.93. The molecule has 0 saturated heterocycles. The molecule has 1 aromatic carbocycles. The fourth-order valence-electron chi connectivity index (χ4n) is 1.35. The zero-order valence-corrected chi connectivity index (χ0v) is 10.1. The van der Waals surface area contributed by atoms with Crippen LogP contribution in [0.1, 0.15) is 10.4 Å². The molecule has 1 aromatic heterocycles. The third kappa shape index (κ3) is 3.17. The Labute approximate surface area is 103 Å². The molecule has 0 spiro atoms. The number of carbonyl (C=O) groups excluding carboxylic acids is 1. The minimum absolute atomic E-state index is 0.00707. The van der Waals surface area contributed by atoms with Crippen molar-refractivity contribution in [3.63, 3.8) is 0 Å². The number of ketones is 1. The molecule has 0 aliphatic heterocycles. The second-order valence-electron chi connectivity index (χ2n) is 3.57. The van der Waals surface area contributed by atoms with E-state index in [1.54, 1.807) is 30.1 Å². The van der Waals surface area contributed by atoms with Crippen molar-refractivity contribution in [1.29, 1.82) is 0 Å². The fraction of sp³-hybridized carbons (Fsp3) is 0.167. The number of hydrogen-bond donors (Lipinski definition) is 0. The number of hydrogen-bond acceptors (Lipinski definition) is 3. The first-order valence-electron chi connectivity index (χ1n) is 5.05. The van der Waals surface area contributed by atoms with Gasteiger partial charge in [0.1, 0.15) is 5.82 Å². The molecule has 0 amide bonds. The summed E-state index contributed by atoms with van der Waals surface area (Å²) in [6, 6.07) is 6.21. The predicted molar refractivity (Wildman–Crippen MR) is 64.7 cm³/mol. The molecule has 2 rings (SSSR count). The van der Waals surface area contributed by atoms with E-state index in [-0.39, 0.29) is 17.4 Å². The lowest BCUT2D eigenvalue weighted by molar-refractivity contribution is 0.102. The maximum atomic E-state index is 12.9. The Hall–Kier alpha value is -1.62. The normalized spacial score (nSPS) is 10.5. The number of benzene rings is 1. The van der Waals surface area contributed by atoms with Crippen molar-refractivity contribution in [1.82, 2.24) is 9.78 Å². The molecule has 0 unspecified atom stereocenters. The van der Waals surface area contributed by atoms with Gasteiger partial charge < -0.3 is 0 Å². The van der Waals surface area contributed by atoms with E-state index in [4.69, 9.17) is 0 Å². The maximum Gasteiger partial charge on any atom is 0.176 e. The van der Waals surface area contributed by atoms with Crippen molar-refractivity contribution in [2.75, 3.05) is 5.75 Å². The fourth-order valence-corrected chi connectivity index (χ4v) is 2.19. The summed E-state index contributed by atoms with van der Waals surface area (Å²) in [4.78, 5) is 12.5. The van der Waals surface area contributed by atoms with Gasteiger partial charge in [0.25, 0.3) is 0 Å². The average Bonchev–Trinajstić information content (AvgIpc) is 2.73. The number of rotatable bonds is 4. The highest BCUT2D eigenvalue weighted by Gasteiger charge is 2.08. The van der Waals surface area contributed by atoms with Gasteiger partial charge in [0.15, 0.2) is 5.78 Å². The van der Waals surface area contributed by atoms with Crippen LogP contribution in [0.3, 0.4) is 0 Å². The number of thioether (sulfide) groups is 1. The molecule has 2 aromatic rings. The van der Waals surface area contributed by atoms with Gasteiger partial charge in [-0.1, -0.05) is 6.07 Å². The Morgan fingerprint density at radius 1 is 1.53 bits per heavy atom. The Balaban J connectivity index is 1.97. The van der Waals surface area contributed by atoms with Crippen LogP contribution in [0.25, 0.3) is 0 Å². The van der Waals surface area contributed by atoms with E-state index in [0.717, 1.165) is 4.90 Å². The van der Waals surface area contributed by atoms with Crippen LogP contribution in [0.2, 0.25) is 0 Å². The first kappa shape index (κ1) is 11.9. The van der Waals surface area contributed by atoms with Crippen molar-refractivity contribution < 1.29 is 9.18 Å². The summed E-state index contributed by atoms with van der Waals surface area (Å²) >= 11 is 1.32. The van der Waals surface area contributed by atoms with Crippen LogP contribution < -0.4 is 0 Å². The Bertz CT molecular complexity index is 539. The molecule has 0 atom stereocenters. The van der Waals surface area contributed by atoms with Crippen LogP contribution in [0.15, 0.2) is 41.6 Å². The summed E-state index contributed by atoms with van der Waals surface area (Å²) in [5.41, 5.74) is 0.580. The SMILES string of the molecule is Cn1cc(C(=O)CSc2cccc(F)c2)cn1. The number of carbonyl (C=O) groups is 1. The highest BCUT2D eigenvalue weighted by molar-refractivity contribution is 8.00. The molecular formula is C12H11FN2OS. The van der Waals surface area contributed by atoms with Gasteiger partial charge in [0.05, 0.1) is 17.5 Å². The van der Waals surface area contributed by atoms with Crippen molar-refractivity contribution in [2.24, 2.45) is 7.05 Å². The van der Waals surface area contributed by atoms with Crippen molar-refractivity contribution >= 4 is 17.5 Å². The van der Waals surface area contributed by atoms with Crippen LogP contribution in [0.4, 0.5) is 4.39 Å². The number of nitrogens with zero attached hydrogens (tertiary/aromatic N) is 2. The molecule has 0 aliphatic rings. The Morgan fingerprint density at radius 2 is 2.35 bits per heavy atom. The van der Waals surface area contributed by atoms with Gasteiger partial charge in [-0.2, -0.15) is 5.10 Å². The summed E-state index contributed by atoms with van der Waals surface area (Å²) in [6.45, 7) is 0. The van der Waals surface area contributed by atoms with Crippen LogP contribution in [0.5, 0.6) is 0 Å². The summed E-state index contributed by atoms with van der Waals surface area (Å²) in [5.74, 6) is -0.00834. The van der Waals surface area contributed by atoms with Crippen LogP contribution in [0, 0.1) is 5.82 Å². The molecule has 0 bridgehead atoms. The smallest absolute Gasteiger partial charge is 0.176 e. The van der Waals surface area contributed by atoms with E-state index in [1.807, 2.05) is 0 Å². The molecule has 5 heteroatoms. The third-order valence-corrected chi connectivity index (χ3v) is 3.19. The van der Waals surface area contributed by atoms with E-state index in [9.17, 15) is 9.18 Å². The van der Waals surface area contributed by atoms with Gasteiger partial charge in [-0.05, 0) is 18.2 Å². The Morgan fingerprint density at radius 3 is 3.00 bits per heavy atom. The lowest BCUT2D eigenvalue weighted by Gasteiger charge is -1.99. The standard InChI is InChI=1S/C12H11FN2OS/c1-15-7-9(6-14-15)12(16)8-17-11-4-2-3-10(13)5-11/h2-7H,8H2,1H3. The Kier molecular flexibility index (Phi) is 3.58. The largest absolute Gasteiger partial charge is 0.293 e. The summed E-state index contributed by atoms with van der Waals surface area (Å²) < 4.78 is 14.5. The highest BCUT2D eigenvalue weighted by atomic mass is 32.2. The van der Waals surface area contributed by atoms with Gasteiger partial charge in [-0.15, -0.1) is 11.8 Å². The average molecular weight is 250 g/mol. The molecule has 0 fully saturated rings.